The lowest BCUT2D eigenvalue weighted by molar-refractivity contribution is -0.152. The van der Waals surface area contributed by atoms with Gasteiger partial charge in [-0.2, -0.15) is 0 Å². The van der Waals surface area contributed by atoms with Gasteiger partial charge in [-0.05, 0) is 25.3 Å². The van der Waals surface area contributed by atoms with Crippen molar-refractivity contribution < 1.29 is 14.7 Å². The fraction of sp³-hybridized carbons (Fsp3) is 0.571. The van der Waals surface area contributed by atoms with Crippen LogP contribution in [0.5, 0.6) is 0 Å². The van der Waals surface area contributed by atoms with Crippen molar-refractivity contribution in [3.8, 4) is 0 Å². The minimum Gasteiger partial charge on any atom is -0.481 e. The van der Waals surface area contributed by atoms with E-state index in [-0.39, 0.29) is 5.91 Å². The number of carboxylic acid groups (broad SMARTS) is 1. The Balaban J connectivity index is 2.13. The van der Waals surface area contributed by atoms with Crippen LogP contribution < -0.4 is 0 Å². The molecule has 0 spiro atoms. The van der Waals surface area contributed by atoms with Crippen LogP contribution in [-0.2, 0) is 11.8 Å². The Bertz CT molecular complexity index is 575. The molecule has 2 rings (SSSR count). The highest BCUT2D eigenvalue weighted by atomic mass is 35.5. The fourth-order valence-corrected chi connectivity index (χ4v) is 3.14. The monoisotopic (exact) mass is 332 g/mol. The first kappa shape index (κ1) is 16.2. The molecule has 21 heavy (non-hydrogen) atoms. The van der Waals surface area contributed by atoms with Crippen LogP contribution in [0.2, 0.25) is 10.2 Å². The summed E-state index contributed by atoms with van der Waals surface area (Å²) in [7, 11) is 1.68. The largest absolute Gasteiger partial charge is 0.481 e. The molecular weight excluding hydrogens is 315 g/mol. The van der Waals surface area contributed by atoms with E-state index in [4.69, 9.17) is 23.2 Å². The first-order valence-corrected chi connectivity index (χ1v) is 7.61. The number of aliphatic carboxylic acids is 1. The Labute approximate surface area is 133 Å². The molecule has 1 aliphatic rings. The minimum atomic E-state index is -0.776. The van der Waals surface area contributed by atoms with Gasteiger partial charge >= 0.3 is 5.97 Å². The first-order chi connectivity index (χ1) is 9.82. The third kappa shape index (κ3) is 2.77. The topological polar surface area (TPSA) is 62.5 Å². The fourth-order valence-electron chi connectivity index (χ4n) is 2.77. The van der Waals surface area contributed by atoms with E-state index in [1.54, 1.807) is 22.6 Å². The molecular formula is C14H18Cl2N2O3. The number of carboxylic acids is 1. The number of rotatable bonds is 3. The van der Waals surface area contributed by atoms with Crippen LogP contribution in [0, 0.1) is 5.41 Å². The van der Waals surface area contributed by atoms with Crippen LogP contribution in [0.15, 0.2) is 6.07 Å². The summed E-state index contributed by atoms with van der Waals surface area (Å²) in [5.74, 6) is -0.941. The average Bonchev–Trinajstić information content (AvgIpc) is 2.74. The van der Waals surface area contributed by atoms with Crippen molar-refractivity contribution in [1.29, 1.82) is 0 Å². The number of aromatic nitrogens is 1. The van der Waals surface area contributed by atoms with E-state index in [9.17, 15) is 14.7 Å². The van der Waals surface area contributed by atoms with Gasteiger partial charge < -0.3 is 14.6 Å². The van der Waals surface area contributed by atoms with Crippen LogP contribution in [0.1, 0.15) is 36.7 Å². The van der Waals surface area contributed by atoms with Gasteiger partial charge in [-0.15, -0.1) is 0 Å². The van der Waals surface area contributed by atoms with E-state index in [1.807, 2.05) is 6.92 Å². The van der Waals surface area contributed by atoms with Gasteiger partial charge in [0.25, 0.3) is 5.91 Å². The number of piperidine rings is 1. The molecule has 0 aromatic carbocycles. The molecule has 0 radical (unpaired) electrons. The number of amides is 1. The lowest BCUT2D eigenvalue weighted by Gasteiger charge is -2.38. The molecule has 1 aromatic rings. The molecule has 1 aliphatic heterocycles. The standard InChI is InChI=1S/C14H18Cl2N2O3/c1-3-14(13(20)21)4-6-18(7-5-14)12(19)10-8-9(15)11(16)17(10)2/h8H,3-7H2,1-2H3,(H,20,21). The third-order valence-electron chi connectivity index (χ3n) is 4.47. The van der Waals surface area contributed by atoms with Crippen molar-refractivity contribution >= 4 is 35.1 Å². The second kappa shape index (κ2) is 5.89. The molecule has 2 heterocycles. The predicted octanol–water partition coefficient (Wildman–Crippen LogP) is 3.05. The quantitative estimate of drug-likeness (QED) is 0.925. The van der Waals surface area contributed by atoms with Crippen LogP contribution in [0.3, 0.4) is 0 Å². The number of nitrogens with zero attached hydrogens (tertiary/aromatic N) is 2. The lowest BCUT2D eigenvalue weighted by Crippen LogP contribution is -2.46. The molecule has 5 nitrogen and oxygen atoms in total. The number of carbonyl (C=O) groups excluding carboxylic acids is 1. The van der Waals surface area contributed by atoms with E-state index < -0.39 is 11.4 Å². The van der Waals surface area contributed by atoms with Gasteiger partial charge in [-0.25, -0.2) is 0 Å². The summed E-state index contributed by atoms with van der Waals surface area (Å²) in [6.45, 7) is 2.74. The van der Waals surface area contributed by atoms with E-state index in [2.05, 4.69) is 0 Å². The highest BCUT2D eigenvalue weighted by Crippen LogP contribution is 2.36. The Kier molecular flexibility index (Phi) is 4.54. The normalized spacial score (nSPS) is 17.8. The molecule has 0 atom stereocenters. The van der Waals surface area contributed by atoms with Crippen molar-refractivity contribution in [2.24, 2.45) is 12.5 Å². The molecule has 7 heteroatoms. The molecule has 0 aliphatic carbocycles. The number of halogens is 2. The molecule has 0 bridgehead atoms. The summed E-state index contributed by atoms with van der Waals surface area (Å²) in [5.41, 5.74) is -0.287. The maximum Gasteiger partial charge on any atom is 0.309 e. The summed E-state index contributed by atoms with van der Waals surface area (Å²) < 4.78 is 1.55. The van der Waals surface area contributed by atoms with E-state index in [0.29, 0.717) is 48.2 Å². The van der Waals surface area contributed by atoms with Gasteiger partial charge in [0, 0.05) is 20.1 Å². The summed E-state index contributed by atoms with van der Waals surface area (Å²) in [4.78, 5) is 25.6. The third-order valence-corrected chi connectivity index (χ3v) is 5.32. The second-order valence-electron chi connectivity index (χ2n) is 5.46. The predicted molar refractivity (Wildman–Crippen MR) is 80.9 cm³/mol. The van der Waals surface area contributed by atoms with Gasteiger partial charge in [0.15, 0.2) is 0 Å². The Morgan fingerprint density at radius 1 is 1.33 bits per heavy atom. The average molecular weight is 333 g/mol. The molecule has 1 saturated heterocycles. The lowest BCUT2D eigenvalue weighted by atomic mass is 9.76. The number of likely N-dealkylation sites (tertiary alicyclic amines) is 1. The zero-order valence-corrected chi connectivity index (χ0v) is 13.5. The molecule has 1 N–H and O–H groups in total. The molecule has 116 valence electrons. The summed E-state index contributed by atoms with van der Waals surface area (Å²) in [6.07, 6.45) is 1.51. The minimum absolute atomic E-state index is 0.165. The summed E-state index contributed by atoms with van der Waals surface area (Å²) in [5, 5.41) is 10.0. The Morgan fingerprint density at radius 3 is 2.29 bits per heavy atom. The molecule has 1 amide bonds. The van der Waals surface area contributed by atoms with Crippen molar-refractivity contribution in [2.75, 3.05) is 13.1 Å². The van der Waals surface area contributed by atoms with Crippen molar-refractivity contribution in [1.82, 2.24) is 9.47 Å². The van der Waals surface area contributed by atoms with Crippen LogP contribution in [0.4, 0.5) is 0 Å². The molecule has 0 saturated carbocycles. The van der Waals surface area contributed by atoms with Gasteiger partial charge in [0.05, 0.1) is 10.4 Å². The number of hydrogen-bond donors (Lipinski definition) is 1. The van der Waals surface area contributed by atoms with Crippen molar-refractivity contribution in [3.63, 3.8) is 0 Å². The van der Waals surface area contributed by atoms with Gasteiger partial charge in [0.2, 0.25) is 0 Å². The van der Waals surface area contributed by atoms with Crippen LogP contribution in [0.25, 0.3) is 0 Å². The zero-order valence-electron chi connectivity index (χ0n) is 12.0. The Hall–Kier alpha value is -1.20. The second-order valence-corrected chi connectivity index (χ2v) is 6.22. The molecule has 1 aromatic heterocycles. The van der Waals surface area contributed by atoms with Crippen LogP contribution in [-0.4, -0.2) is 39.5 Å². The molecule has 1 fully saturated rings. The zero-order chi connectivity index (χ0) is 15.8. The van der Waals surface area contributed by atoms with Gasteiger partial charge in [0.1, 0.15) is 10.8 Å². The van der Waals surface area contributed by atoms with E-state index >= 15 is 0 Å². The highest BCUT2D eigenvalue weighted by Gasteiger charge is 2.41. The van der Waals surface area contributed by atoms with Gasteiger partial charge in [-0.1, -0.05) is 30.1 Å². The highest BCUT2D eigenvalue weighted by molar-refractivity contribution is 6.41. The first-order valence-electron chi connectivity index (χ1n) is 6.86. The van der Waals surface area contributed by atoms with E-state index in [0.717, 1.165) is 0 Å². The summed E-state index contributed by atoms with van der Waals surface area (Å²) >= 11 is 11.9. The Morgan fingerprint density at radius 2 is 1.90 bits per heavy atom. The number of carbonyl (C=O) groups is 2. The van der Waals surface area contributed by atoms with E-state index in [1.165, 1.54) is 0 Å². The van der Waals surface area contributed by atoms with Crippen molar-refractivity contribution in [2.45, 2.75) is 26.2 Å². The maximum absolute atomic E-state index is 12.5. The maximum atomic E-state index is 12.5. The van der Waals surface area contributed by atoms with Gasteiger partial charge in [-0.3, -0.25) is 9.59 Å². The smallest absolute Gasteiger partial charge is 0.309 e. The SMILES string of the molecule is CCC1(C(=O)O)CCN(C(=O)c2cc(Cl)c(Cl)n2C)CC1. The summed E-state index contributed by atoms with van der Waals surface area (Å²) in [6, 6.07) is 1.55. The van der Waals surface area contributed by atoms with Crippen molar-refractivity contribution in [3.05, 3.63) is 21.9 Å². The number of hydrogen-bond acceptors (Lipinski definition) is 2. The molecule has 0 unspecified atom stereocenters. The van der Waals surface area contributed by atoms with Crippen LogP contribution >= 0.6 is 23.2 Å².